The third-order valence-corrected chi connectivity index (χ3v) is 18.1. The van der Waals surface area contributed by atoms with Crippen LogP contribution in [-0.2, 0) is 58.5 Å². The number of nitrogens with one attached hydrogen (secondary N) is 4. The Hall–Kier alpha value is -12.3. The molecule has 10 aromatic heterocycles. The van der Waals surface area contributed by atoms with Crippen LogP contribution >= 0.6 is 0 Å². The first-order chi connectivity index (χ1) is 50.7. The zero-order valence-electron chi connectivity index (χ0n) is 58.4. The van der Waals surface area contributed by atoms with Crippen LogP contribution in [0.4, 0.5) is 39.5 Å². The van der Waals surface area contributed by atoms with Crippen molar-refractivity contribution in [1.82, 2.24) is 78.3 Å². The molecule has 108 heavy (non-hydrogen) atoms. The van der Waals surface area contributed by atoms with Crippen molar-refractivity contribution in [2.24, 2.45) is 50.2 Å². The van der Waals surface area contributed by atoms with Gasteiger partial charge in [-0.05, 0) is 117 Å². The quantitative estimate of drug-likeness (QED) is 0.0532. The van der Waals surface area contributed by atoms with Crippen molar-refractivity contribution in [3.63, 3.8) is 0 Å². The van der Waals surface area contributed by atoms with Crippen LogP contribution in [0.25, 0.3) is 85.9 Å². The van der Waals surface area contributed by atoms with E-state index in [0.717, 1.165) is 34.7 Å². The normalized spacial score (nSPS) is 15.6. The number of aryl methyl sites for hydroxylation is 6. The second kappa shape index (κ2) is 29.9. The number of alkyl halides is 9. The van der Waals surface area contributed by atoms with Crippen molar-refractivity contribution in [3.8, 4) is 22.8 Å². The molecule has 10 aromatic rings. The maximum atomic E-state index is 14.7. The number of carbonyl (C=O) groups excluding carboxylic acids is 1. The van der Waals surface area contributed by atoms with E-state index in [2.05, 4.69) is 50.2 Å². The average Bonchev–Trinajstić information content (AvgIpc) is 1.62. The summed E-state index contributed by atoms with van der Waals surface area (Å²) in [5.74, 6) is 1.36. The number of allylic oxidation sites excluding steroid dienone is 10. The number of hydrogen-bond acceptors (Lipinski definition) is 11. The van der Waals surface area contributed by atoms with E-state index in [-0.39, 0.29) is 63.5 Å². The predicted molar refractivity (Wildman–Crippen MR) is 386 cm³/mol. The van der Waals surface area contributed by atoms with E-state index in [1.807, 2.05) is 130 Å². The van der Waals surface area contributed by atoms with Crippen molar-refractivity contribution in [1.29, 1.82) is 0 Å². The average molecular weight is 1530 g/mol. The van der Waals surface area contributed by atoms with Gasteiger partial charge in [-0.1, -0.05) is 24.3 Å². The van der Waals surface area contributed by atoms with Gasteiger partial charge in [0, 0.05) is 118 Å². The number of imidazole rings is 4. The molecule has 0 saturated carbocycles. The Morgan fingerprint density at radius 2 is 1.07 bits per heavy atom. The molecule has 4 N–H and O–H groups in total. The molecule has 17 heterocycles. The molecule has 0 aromatic carbocycles. The van der Waals surface area contributed by atoms with Gasteiger partial charge in [-0.2, -0.15) is 39.5 Å². The summed E-state index contributed by atoms with van der Waals surface area (Å²) in [5, 5.41) is 3.21. The van der Waals surface area contributed by atoms with Gasteiger partial charge in [0.2, 0.25) is 0 Å². The first-order valence-corrected chi connectivity index (χ1v) is 32.7. The van der Waals surface area contributed by atoms with Gasteiger partial charge >= 0.3 is 35.6 Å². The summed E-state index contributed by atoms with van der Waals surface area (Å²) < 4.78 is 136. The Bertz CT molecular complexity index is 5700. The largest absolute Gasteiger partial charge is 3.00 e. The molecule has 0 unspecified atom stereocenters. The first kappa shape index (κ1) is 75.3. The van der Waals surface area contributed by atoms with E-state index in [0.29, 0.717) is 102 Å². The second-order valence-electron chi connectivity index (χ2n) is 25.0. The Balaban J connectivity index is 0.000000154. The van der Waals surface area contributed by atoms with Crippen LogP contribution in [0.15, 0.2) is 215 Å². The molecule has 7 aliphatic heterocycles. The molecular weight excluding hydrogens is 1470 g/mol. The van der Waals surface area contributed by atoms with Crippen molar-refractivity contribution in [2.45, 2.75) is 38.3 Å². The molecule has 0 fully saturated rings. The molecule has 21 nitrogen and oxygen atoms in total. The zero-order chi connectivity index (χ0) is 74.7. The fourth-order valence-corrected chi connectivity index (χ4v) is 12.9. The van der Waals surface area contributed by atoms with Gasteiger partial charge in [0.05, 0.1) is 93.6 Å². The summed E-state index contributed by atoms with van der Waals surface area (Å²) in [6, 6.07) is 15.7. The maximum absolute atomic E-state index is 14.7. The molecule has 7 aliphatic rings. The number of aromatic amines is 3. The van der Waals surface area contributed by atoms with E-state index in [1.54, 1.807) is 101 Å². The van der Waals surface area contributed by atoms with Gasteiger partial charge in [0.25, 0.3) is 5.82 Å². The fourth-order valence-electron chi connectivity index (χ4n) is 12.9. The summed E-state index contributed by atoms with van der Waals surface area (Å²) >= 11 is 0. The molecule has 0 radical (unpaired) electrons. The number of aromatic nitrogens is 15. The molecule has 0 saturated heterocycles. The number of halogens is 10. The van der Waals surface area contributed by atoms with E-state index >= 15 is 0 Å². The molecule has 16 bridgehead atoms. The molecular formula is C76H62ClF9MnN20O+. The molecule has 17 rings (SSSR count). The van der Waals surface area contributed by atoms with Crippen LogP contribution in [0.1, 0.15) is 86.0 Å². The van der Waals surface area contributed by atoms with Crippen LogP contribution < -0.4 is 32.3 Å². The summed E-state index contributed by atoms with van der Waals surface area (Å²) in [6.07, 6.45) is 24.7. The molecule has 32 heteroatoms. The minimum atomic E-state index is -4.72. The van der Waals surface area contributed by atoms with Crippen molar-refractivity contribution in [2.75, 3.05) is 7.05 Å². The number of hydrogen-bond donors (Lipinski definition) is 4. The van der Waals surface area contributed by atoms with Crippen LogP contribution in [0.2, 0.25) is 0 Å². The van der Waals surface area contributed by atoms with E-state index in [4.69, 9.17) is 20.0 Å². The second-order valence-corrected chi connectivity index (χ2v) is 25.0. The van der Waals surface area contributed by atoms with Crippen molar-refractivity contribution < 1.29 is 78.4 Å². The zero-order valence-corrected chi connectivity index (χ0v) is 60.3. The summed E-state index contributed by atoms with van der Waals surface area (Å²) in [4.78, 5) is 65.8. The maximum Gasteiger partial charge on any atom is 3.00 e. The molecule has 0 aliphatic carbocycles. The minimum Gasteiger partial charge on any atom is -1.00 e. The topological polar surface area (TPSA) is 233 Å². The van der Waals surface area contributed by atoms with Gasteiger partial charge in [-0.25, -0.2) is 49.0 Å². The van der Waals surface area contributed by atoms with Gasteiger partial charge < -0.3 is 61.2 Å². The minimum absolute atomic E-state index is 0. The van der Waals surface area contributed by atoms with E-state index < -0.39 is 35.6 Å². The molecule has 0 atom stereocenters. The van der Waals surface area contributed by atoms with E-state index in [1.165, 1.54) is 48.8 Å². The van der Waals surface area contributed by atoms with Crippen LogP contribution in [0.3, 0.4) is 0 Å². The number of rotatable bonds is 6. The Morgan fingerprint density at radius 3 is 1.60 bits per heavy atom. The Labute approximate surface area is 626 Å². The van der Waals surface area contributed by atoms with Crippen LogP contribution in [0, 0.1) is 6.92 Å². The van der Waals surface area contributed by atoms with Gasteiger partial charge in [-0.15, -0.1) is 22.1 Å². The Morgan fingerprint density at radius 1 is 0.546 bits per heavy atom. The standard InChI is InChI=1S/C31H25F3N8.C30H21F3N8.C10H9F3N2.C5H6N2O.ClH.Mn/c1-17-18-5-7-20(36-18)26(29-35-13-14-40(29)2)21-9-11-24(38-21)28(31(32,33)34)25-12-10-23(39-25)27(22-8-6-19(17)37-22)30-41(3)15-16-42(30)4;1-16-17-4-6-19(36-17)25(28-34-12-14-40(28)2)21-8-10-23(38-21)27(30(31,32)33)24-11-9-22(39-24)26(20-7-5-18(16)37-20)29-35-13-15-41(29)3;11-10(12,13)9(7-3-1-5-14-7)8-4-2-6-15-8;1-7-3-2-6-5(7)4-8;;/h5-16H,1-4H3,(H,36,37,38,39);4-15H,1-3H3;1-6,9,14-15H;2-4H,1H3;1H;/q;-2;;;;+3. The van der Waals surface area contributed by atoms with Crippen LogP contribution in [-0.4, -0.2) is 106 Å². The summed E-state index contributed by atoms with van der Waals surface area (Å²) in [7, 11) is 11.0. The number of H-pyrrole nitrogens is 3. The number of aliphatic imine (C=N–C) groups is 3. The summed E-state index contributed by atoms with van der Waals surface area (Å²) in [5.41, 5.74) is 8.43. The Kier molecular flexibility index (Phi) is 20.9. The van der Waals surface area contributed by atoms with Crippen molar-refractivity contribution >= 4 is 86.5 Å². The number of fused-ring (bicyclic) bond motifs is 13. The third kappa shape index (κ3) is 14.6. The van der Waals surface area contributed by atoms with E-state index in [9.17, 15) is 44.3 Å². The van der Waals surface area contributed by atoms with Gasteiger partial charge in [-0.3, -0.25) is 4.79 Å². The number of aldehydes is 1. The first-order valence-electron chi connectivity index (χ1n) is 32.7. The fraction of sp³-hybridized carbons (Fsp3) is 0.158. The predicted octanol–water partition coefficient (Wildman–Crippen LogP) is 11.2. The van der Waals surface area contributed by atoms with Crippen molar-refractivity contribution in [3.05, 3.63) is 268 Å². The summed E-state index contributed by atoms with van der Waals surface area (Å²) in [6.45, 7) is 3.90. The molecule has 0 amide bonds. The van der Waals surface area contributed by atoms with Gasteiger partial charge in [0.15, 0.2) is 12.1 Å². The van der Waals surface area contributed by atoms with Crippen LogP contribution in [0.5, 0.6) is 0 Å². The smallest absolute Gasteiger partial charge is 1.00 e. The number of carbonyl (C=O) groups is 1. The van der Waals surface area contributed by atoms with Gasteiger partial charge in [0.1, 0.15) is 46.9 Å². The SMILES string of the molecule is CC1=C2C=CC(=N2)C(=C2NC=CN2C)c2ccc([nH]2)C(C(F)(F)F)=C2C=CC(=N2)C(c2n(C)cc[n+]2C)=C2C=CC1=N2.Cc1c2nc(c(-c3nccn3C)c3ccc([n-]3)c(C(F)(F)F)c3nc(c(-c4nccn4C)c4ccc1[n-]4)C=C3)C=C2.Cn1ccnc1C=O.FC(F)(F)C(c1ccc[nH]1)c1ccc[nH]1.[Cl-].[Mn+3]. The number of nitrogens with zero attached hydrogens (tertiary/aromatic N) is 16. The third-order valence-electron chi connectivity index (χ3n) is 18.1. The molecule has 548 valence electrons. The molecule has 0 spiro atoms. The monoisotopic (exact) mass is 1530 g/mol.